The van der Waals surface area contributed by atoms with Crippen LogP contribution in [0.1, 0.15) is 23.2 Å². The number of hydrogen-bond donors (Lipinski definition) is 0. The van der Waals surface area contributed by atoms with Crippen LogP contribution in [0.3, 0.4) is 0 Å². The molecule has 3 aromatic rings. The highest BCUT2D eigenvalue weighted by Crippen LogP contribution is 2.21. The molecule has 1 aliphatic heterocycles. The van der Waals surface area contributed by atoms with E-state index in [-0.39, 0.29) is 5.91 Å². The van der Waals surface area contributed by atoms with Crippen LogP contribution < -0.4 is 0 Å². The first-order valence-corrected chi connectivity index (χ1v) is 8.80. The summed E-state index contributed by atoms with van der Waals surface area (Å²) in [6.07, 6.45) is 9.89. The van der Waals surface area contributed by atoms with Gasteiger partial charge in [-0.3, -0.25) is 9.48 Å². The Labute approximate surface area is 147 Å². The summed E-state index contributed by atoms with van der Waals surface area (Å²) in [5.41, 5.74) is 1.83. The van der Waals surface area contributed by atoms with Crippen molar-refractivity contribution in [3.8, 4) is 5.69 Å². The Morgan fingerprint density at radius 3 is 2.36 bits per heavy atom. The van der Waals surface area contributed by atoms with Crippen molar-refractivity contribution in [2.75, 3.05) is 13.1 Å². The van der Waals surface area contributed by atoms with Crippen molar-refractivity contribution in [2.24, 2.45) is 5.92 Å². The van der Waals surface area contributed by atoms with E-state index in [2.05, 4.69) is 5.10 Å². The van der Waals surface area contributed by atoms with Crippen LogP contribution in [0, 0.1) is 5.92 Å². The lowest BCUT2D eigenvalue weighted by molar-refractivity contribution is 0.0681. The zero-order chi connectivity index (χ0) is 17.1. The van der Waals surface area contributed by atoms with Gasteiger partial charge in [-0.25, -0.2) is 0 Å². The number of carbonyl (C=O) groups is 1. The Kier molecular flexibility index (Phi) is 4.37. The predicted molar refractivity (Wildman–Crippen MR) is 96.6 cm³/mol. The van der Waals surface area contributed by atoms with Gasteiger partial charge in [0, 0.05) is 55.7 Å². The first kappa shape index (κ1) is 15.7. The monoisotopic (exact) mass is 334 g/mol. The second-order valence-electron chi connectivity index (χ2n) is 6.60. The van der Waals surface area contributed by atoms with E-state index in [0.29, 0.717) is 5.92 Å². The molecule has 0 spiro atoms. The maximum atomic E-state index is 12.7. The fourth-order valence-corrected chi connectivity index (χ4v) is 3.46. The maximum Gasteiger partial charge on any atom is 0.253 e. The van der Waals surface area contributed by atoms with Gasteiger partial charge in [-0.15, -0.1) is 0 Å². The van der Waals surface area contributed by atoms with Gasteiger partial charge in [-0.1, -0.05) is 0 Å². The number of aromatic nitrogens is 3. The fraction of sp³-hybridized carbons (Fsp3) is 0.300. The Morgan fingerprint density at radius 2 is 1.72 bits per heavy atom. The molecule has 2 aromatic heterocycles. The molecule has 1 aromatic carbocycles. The summed E-state index contributed by atoms with van der Waals surface area (Å²) in [7, 11) is 0. The molecule has 5 nitrogen and oxygen atoms in total. The molecule has 0 saturated carbocycles. The van der Waals surface area contributed by atoms with Gasteiger partial charge >= 0.3 is 0 Å². The molecule has 1 fully saturated rings. The van der Waals surface area contributed by atoms with Gasteiger partial charge in [0.2, 0.25) is 0 Å². The van der Waals surface area contributed by atoms with Crippen LogP contribution in [0.4, 0.5) is 0 Å². The van der Waals surface area contributed by atoms with Crippen molar-refractivity contribution in [3.05, 3.63) is 72.8 Å². The molecule has 5 heteroatoms. The van der Waals surface area contributed by atoms with Gasteiger partial charge in [0.05, 0.1) is 0 Å². The lowest BCUT2D eigenvalue weighted by atomic mass is 9.96. The van der Waals surface area contributed by atoms with Crippen LogP contribution in [-0.2, 0) is 6.54 Å². The summed E-state index contributed by atoms with van der Waals surface area (Å²) in [6.45, 7) is 2.59. The molecular weight excluding hydrogens is 312 g/mol. The molecule has 1 amide bonds. The predicted octanol–water partition coefficient (Wildman–Crippen LogP) is 3.23. The van der Waals surface area contributed by atoms with E-state index >= 15 is 0 Å². The zero-order valence-corrected chi connectivity index (χ0v) is 14.2. The summed E-state index contributed by atoms with van der Waals surface area (Å²) < 4.78 is 4.02. The molecule has 1 aliphatic rings. The van der Waals surface area contributed by atoms with Crippen LogP contribution in [-0.4, -0.2) is 38.2 Å². The number of piperidine rings is 1. The van der Waals surface area contributed by atoms with Crippen molar-refractivity contribution in [2.45, 2.75) is 19.4 Å². The molecule has 3 heterocycles. The summed E-state index contributed by atoms with van der Waals surface area (Å²) in [5, 5.41) is 4.28. The molecule has 4 rings (SSSR count). The number of likely N-dealkylation sites (tertiary alicyclic amines) is 1. The number of amides is 1. The van der Waals surface area contributed by atoms with Crippen LogP contribution >= 0.6 is 0 Å². The van der Waals surface area contributed by atoms with E-state index in [9.17, 15) is 4.79 Å². The third kappa shape index (κ3) is 3.50. The van der Waals surface area contributed by atoms with E-state index in [1.807, 2.05) is 81.4 Å². The summed E-state index contributed by atoms with van der Waals surface area (Å²) in [5.74, 6) is 0.733. The Balaban J connectivity index is 1.35. The third-order valence-electron chi connectivity index (χ3n) is 4.92. The highest BCUT2D eigenvalue weighted by Gasteiger charge is 2.23. The van der Waals surface area contributed by atoms with Gasteiger partial charge in [0.15, 0.2) is 0 Å². The smallest absolute Gasteiger partial charge is 0.253 e. The Morgan fingerprint density at radius 1 is 1.00 bits per heavy atom. The van der Waals surface area contributed by atoms with Crippen molar-refractivity contribution in [1.29, 1.82) is 0 Å². The molecular formula is C20H22N4O. The largest absolute Gasteiger partial charge is 0.339 e. The Bertz CT molecular complexity index is 798. The van der Waals surface area contributed by atoms with E-state index in [0.717, 1.165) is 43.7 Å². The number of benzene rings is 1. The first-order chi connectivity index (χ1) is 12.3. The summed E-state index contributed by atoms with van der Waals surface area (Å²) in [6, 6.07) is 13.8. The lowest BCUT2D eigenvalue weighted by Crippen LogP contribution is -2.39. The van der Waals surface area contributed by atoms with Gasteiger partial charge < -0.3 is 9.47 Å². The molecule has 0 radical (unpaired) electrons. The average Bonchev–Trinajstić information content (AvgIpc) is 3.36. The number of carbonyl (C=O) groups excluding carboxylic acids is 1. The molecule has 128 valence electrons. The second kappa shape index (κ2) is 6.97. The van der Waals surface area contributed by atoms with Crippen LogP contribution in [0.2, 0.25) is 0 Å². The zero-order valence-electron chi connectivity index (χ0n) is 14.2. The van der Waals surface area contributed by atoms with E-state index in [1.165, 1.54) is 0 Å². The van der Waals surface area contributed by atoms with Gasteiger partial charge in [-0.2, -0.15) is 5.10 Å². The van der Waals surface area contributed by atoms with E-state index in [4.69, 9.17) is 0 Å². The lowest BCUT2D eigenvalue weighted by Gasteiger charge is -2.32. The van der Waals surface area contributed by atoms with Gasteiger partial charge in [0.25, 0.3) is 5.91 Å². The normalized spacial score (nSPS) is 15.4. The topological polar surface area (TPSA) is 43.1 Å². The SMILES string of the molecule is O=C(c1ccc(-n2cccc2)cc1)N1CCC(Cn2cccn2)CC1. The fourth-order valence-electron chi connectivity index (χ4n) is 3.46. The molecule has 0 aliphatic carbocycles. The van der Waals surface area contributed by atoms with Crippen molar-refractivity contribution in [3.63, 3.8) is 0 Å². The second-order valence-corrected chi connectivity index (χ2v) is 6.60. The van der Waals surface area contributed by atoms with Crippen LogP contribution in [0.5, 0.6) is 0 Å². The Hall–Kier alpha value is -2.82. The van der Waals surface area contributed by atoms with Crippen molar-refractivity contribution < 1.29 is 4.79 Å². The molecule has 25 heavy (non-hydrogen) atoms. The maximum absolute atomic E-state index is 12.7. The van der Waals surface area contributed by atoms with Crippen molar-refractivity contribution in [1.82, 2.24) is 19.2 Å². The minimum Gasteiger partial charge on any atom is -0.339 e. The average molecular weight is 334 g/mol. The van der Waals surface area contributed by atoms with Crippen LogP contribution in [0.15, 0.2) is 67.3 Å². The quantitative estimate of drug-likeness (QED) is 0.735. The van der Waals surface area contributed by atoms with E-state index in [1.54, 1.807) is 0 Å². The number of nitrogens with zero attached hydrogens (tertiary/aromatic N) is 4. The summed E-state index contributed by atoms with van der Waals surface area (Å²) in [4.78, 5) is 14.7. The molecule has 1 saturated heterocycles. The van der Waals surface area contributed by atoms with E-state index < -0.39 is 0 Å². The van der Waals surface area contributed by atoms with Gasteiger partial charge in [-0.05, 0) is 61.2 Å². The highest BCUT2D eigenvalue weighted by molar-refractivity contribution is 5.94. The molecule has 0 N–H and O–H groups in total. The molecule has 0 atom stereocenters. The number of hydrogen-bond acceptors (Lipinski definition) is 2. The van der Waals surface area contributed by atoms with Crippen LogP contribution in [0.25, 0.3) is 5.69 Å². The standard InChI is InChI=1S/C20H22N4O/c25-20(18-4-6-19(7-5-18)22-11-1-2-12-22)23-14-8-17(9-15-23)16-24-13-3-10-21-24/h1-7,10-13,17H,8-9,14-16H2. The minimum atomic E-state index is 0.136. The third-order valence-corrected chi connectivity index (χ3v) is 4.92. The van der Waals surface area contributed by atoms with Crippen molar-refractivity contribution >= 4 is 5.91 Å². The molecule has 0 unspecified atom stereocenters. The molecule has 0 bridgehead atoms. The summed E-state index contributed by atoms with van der Waals surface area (Å²) >= 11 is 0. The first-order valence-electron chi connectivity index (χ1n) is 8.80. The highest BCUT2D eigenvalue weighted by atomic mass is 16.2. The van der Waals surface area contributed by atoms with Gasteiger partial charge in [0.1, 0.15) is 0 Å². The number of rotatable bonds is 4. The minimum absolute atomic E-state index is 0.136.